The Hall–Kier alpha value is -0.120. The van der Waals surface area contributed by atoms with E-state index in [1.807, 2.05) is 0 Å². The average Bonchev–Trinajstić information content (AvgIpc) is 2.65. The van der Waals surface area contributed by atoms with E-state index < -0.39 is 0 Å². The van der Waals surface area contributed by atoms with Gasteiger partial charge in [-0.25, -0.2) is 0 Å². The zero-order chi connectivity index (χ0) is 19.1. The van der Waals surface area contributed by atoms with E-state index in [4.69, 9.17) is 10.2 Å². The lowest BCUT2D eigenvalue weighted by Gasteiger charge is -2.21. The number of aliphatic hydroxyl groups is 2. The second-order valence-electron chi connectivity index (χ2n) is 7.95. The highest BCUT2D eigenvalue weighted by Gasteiger charge is 2.03. The Morgan fingerprint density at radius 1 is 0.423 bits per heavy atom. The van der Waals surface area contributed by atoms with Crippen molar-refractivity contribution in [2.45, 2.75) is 116 Å². The van der Waals surface area contributed by atoms with Crippen LogP contribution in [0.25, 0.3) is 0 Å². The van der Waals surface area contributed by atoms with Crippen LogP contribution in [0.2, 0.25) is 0 Å². The first-order valence-corrected chi connectivity index (χ1v) is 11.8. The summed E-state index contributed by atoms with van der Waals surface area (Å²) < 4.78 is 0. The molecule has 0 radical (unpaired) electrons. The van der Waals surface area contributed by atoms with Crippen LogP contribution in [-0.2, 0) is 0 Å². The molecule has 0 aromatic rings. The van der Waals surface area contributed by atoms with Crippen molar-refractivity contribution in [3.8, 4) is 0 Å². The van der Waals surface area contributed by atoms with Gasteiger partial charge in [0.1, 0.15) is 0 Å². The van der Waals surface area contributed by atoms with Crippen molar-refractivity contribution in [1.29, 1.82) is 0 Å². The van der Waals surface area contributed by atoms with Crippen LogP contribution in [0.4, 0.5) is 0 Å². The minimum atomic E-state index is 0.359. The highest BCUT2D eigenvalue weighted by Crippen LogP contribution is 2.11. The fourth-order valence-electron chi connectivity index (χ4n) is 3.67. The maximum Gasteiger partial charge on any atom is 0.0431 e. The summed E-state index contributed by atoms with van der Waals surface area (Å²) in [7, 11) is 0. The Balaban J connectivity index is 3.42. The molecule has 0 fully saturated rings. The summed E-state index contributed by atoms with van der Waals surface area (Å²) in [5.41, 5.74) is 0. The van der Waals surface area contributed by atoms with Crippen molar-refractivity contribution in [3.63, 3.8) is 0 Å². The molecule has 3 nitrogen and oxygen atoms in total. The molecule has 0 aliphatic rings. The third-order valence-corrected chi connectivity index (χ3v) is 5.30. The maximum absolute atomic E-state index is 8.77. The molecule has 0 saturated heterocycles. The van der Waals surface area contributed by atoms with Gasteiger partial charge in [-0.3, -0.25) is 0 Å². The number of hydrogen-bond donors (Lipinski definition) is 2. The number of rotatable bonds is 22. The van der Waals surface area contributed by atoms with Crippen LogP contribution in [0.5, 0.6) is 0 Å². The van der Waals surface area contributed by atoms with E-state index in [1.165, 1.54) is 116 Å². The van der Waals surface area contributed by atoms with Gasteiger partial charge in [0.05, 0.1) is 0 Å². The van der Waals surface area contributed by atoms with Gasteiger partial charge in [-0.15, -0.1) is 0 Å². The lowest BCUT2D eigenvalue weighted by molar-refractivity contribution is 0.260. The van der Waals surface area contributed by atoms with E-state index in [2.05, 4.69) is 11.8 Å². The lowest BCUT2D eigenvalue weighted by Crippen LogP contribution is -2.27. The molecule has 0 aliphatic carbocycles. The van der Waals surface area contributed by atoms with Gasteiger partial charge in [0.15, 0.2) is 0 Å². The topological polar surface area (TPSA) is 43.7 Å². The van der Waals surface area contributed by atoms with Crippen molar-refractivity contribution in [2.24, 2.45) is 0 Å². The fraction of sp³-hybridized carbons (Fsp3) is 1.00. The van der Waals surface area contributed by atoms with Gasteiger partial charge in [0.2, 0.25) is 0 Å². The van der Waals surface area contributed by atoms with Gasteiger partial charge in [0, 0.05) is 13.2 Å². The smallest absolute Gasteiger partial charge is 0.0431 e. The highest BCUT2D eigenvalue weighted by molar-refractivity contribution is 4.59. The summed E-state index contributed by atoms with van der Waals surface area (Å²) in [6.07, 6.45) is 21.9. The molecule has 0 spiro atoms. The molecule has 3 heteroatoms. The average molecular weight is 372 g/mol. The summed E-state index contributed by atoms with van der Waals surface area (Å²) >= 11 is 0. The Morgan fingerprint density at radius 2 is 0.731 bits per heavy atom. The molecule has 2 N–H and O–H groups in total. The zero-order valence-electron chi connectivity index (χ0n) is 17.9. The van der Waals surface area contributed by atoms with Crippen LogP contribution >= 0.6 is 0 Å². The van der Waals surface area contributed by atoms with Crippen molar-refractivity contribution in [1.82, 2.24) is 4.90 Å². The molecule has 0 bridgehead atoms. The Morgan fingerprint density at radius 3 is 1.04 bits per heavy atom. The molecule has 0 rings (SSSR count). The third-order valence-electron chi connectivity index (χ3n) is 5.30. The molecule has 0 unspecified atom stereocenters. The van der Waals surface area contributed by atoms with E-state index >= 15 is 0 Å². The standard InChI is InChI=1S/C23H49NO2/c1-2-19-24(20-15-11-7-3-5-9-13-17-22-25)21-16-12-8-4-6-10-14-18-23-26/h25-26H,2-23H2,1H3. The minimum Gasteiger partial charge on any atom is -0.396 e. The molecule has 0 heterocycles. The zero-order valence-corrected chi connectivity index (χ0v) is 17.9. The molecule has 0 aromatic carbocycles. The van der Waals surface area contributed by atoms with E-state index in [9.17, 15) is 0 Å². The van der Waals surface area contributed by atoms with Crippen LogP contribution in [0.15, 0.2) is 0 Å². The van der Waals surface area contributed by atoms with Crippen molar-refractivity contribution < 1.29 is 10.2 Å². The fourth-order valence-corrected chi connectivity index (χ4v) is 3.67. The number of aliphatic hydroxyl groups excluding tert-OH is 2. The number of hydrogen-bond acceptors (Lipinski definition) is 3. The van der Waals surface area contributed by atoms with Crippen LogP contribution in [0, 0.1) is 0 Å². The van der Waals surface area contributed by atoms with Gasteiger partial charge < -0.3 is 15.1 Å². The van der Waals surface area contributed by atoms with Gasteiger partial charge in [0.25, 0.3) is 0 Å². The number of nitrogens with zero attached hydrogens (tertiary/aromatic N) is 1. The van der Waals surface area contributed by atoms with Crippen LogP contribution in [0.1, 0.15) is 116 Å². The van der Waals surface area contributed by atoms with Crippen LogP contribution in [-0.4, -0.2) is 48.0 Å². The highest BCUT2D eigenvalue weighted by atomic mass is 16.3. The molecule has 0 atom stereocenters. The van der Waals surface area contributed by atoms with Gasteiger partial charge in [-0.05, 0) is 51.7 Å². The molecule has 0 aliphatic heterocycles. The Labute approximate surface area is 164 Å². The SMILES string of the molecule is CCCN(CCCCCCCCCCO)CCCCCCCCCCO. The maximum atomic E-state index is 8.77. The largest absolute Gasteiger partial charge is 0.396 e. The lowest BCUT2D eigenvalue weighted by atomic mass is 10.1. The van der Waals surface area contributed by atoms with Gasteiger partial charge >= 0.3 is 0 Å². The molecule has 158 valence electrons. The summed E-state index contributed by atoms with van der Waals surface area (Å²) in [5.74, 6) is 0. The Bertz CT molecular complexity index is 226. The first kappa shape index (κ1) is 25.9. The predicted octanol–water partition coefficient (Wildman–Crippen LogP) is 5.92. The van der Waals surface area contributed by atoms with E-state index in [-0.39, 0.29) is 0 Å². The third kappa shape index (κ3) is 20.2. The van der Waals surface area contributed by atoms with Crippen molar-refractivity contribution in [3.05, 3.63) is 0 Å². The number of unbranched alkanes of at least 4 members (excludes halogenated alkanes) is 14. The van der Waals surface area contributed by atoms with E-state index in [0.29, 0.717) is 13.2 Å². The van der Waals surface area contributed by atoms with E-state index in [1.54, 1.807) is 0 Å². The summed E-state index contributed by atoms with van der Waals surface area (Å²) in [4.78, 5) is 2.68. The molecular weight excluding hydrogens is 322 g/mol. The minimum absolute atomic E-state index is 0.359. The quantitative estimate of drug-likeness (QED) is 0.232. The summed E-state index contributed by atoms with van der Waals surface area (Å²) in [5, 5.41) is 17.5. The van der Waals surface area contributed by atoms with E-state index in [0.717, 1.165) is 12.8 Å². The molecule has 0 saturated carbocycles. The normalized spacial score (nSPS) is 11.5. The molecule has 0 aromatic heterocycles. The van der Waals surface area contributed by atoms with Crippen LogP contribution < -0.4 is 0 Å². The first-order valence-electron chi connectivity index (χ1n) is 11.8. The second-order valence-corrected chi connectivity index (χ2v) is 7.95. The summed E-state index contributed by atoms with van der Waals surface area (Å²) in [6.45, 7) is 6.86. The molecule has 0 amide bonds. The van der Waals surface area contributed by atoms with Crippen LogP contribution in [0.3, 0.4) is 0 Å². The van der Waals surface area contributed by atoms with Crippen molar-refractivity contribution in [2.75, 3.05) is 32.8 Å². The predicted molar refractivity (Wildman–Crippen MR) is 115 cm³/mol. The van der Waals surface area contributed by atoms with Gasteiger partial charge in [-0.1, -0.05) is 84.0 Å². The van der Waals surface area contributed by atoms with Crippen molar-refractivity contribution >= 4 is 0 Å². The first-order chi connectivity index (χ1) is 12.8. The summed E-state index contributed by atoms with van der Waals surface area (Å²) in [6, 6.07) is 0. The molecular formula is C23H49NO2. The Kier molecular flexibility index (Phi) is 22.8. The van der Waals surface area contributed by atoms with Gasteiger partial charge in [-0.2, -0.15) is 0 Å². The monoisotopic (exact) mass is 371 g/mol. The molecule has 26 heavy (non-hydrogen) atoms. The second kappa shape index (κ2) is 22.9.